The van der Waals surface area contributed by atoms with Gasteiger partial charge in [-0.25, -0.2) is 14.1 Å². The van der Waals surface area contributed by atoms with Crippen LogP contribution in [0, 0.1) is 11.8 Å². The van der Waals surface area contributed by atoms with Gasteiger partial charge in [0.1, 0.15) is 18.4 Å². The molecule has 1 heterocycles. The van der Waals surface area contributed by atoms with Gasteiger partial charge in [0, 0.05) is 10.6 Å². The van der Waals surface area contributed by atoms with Gasteiger partial charge in [-0.3, -0.25) is 0 Å². The van der Waals surface area contributed by atoms with Crippen molar-refractivity contribution in [3.05, 3.63) is 47.5 Å². The molecule has 0 radical (unpaired) electrons. The molecule has 1 atom stereocenters. The first-order valence-electron chi connectivity index (χ1n) is 6.06. The van der Waals surface area contributed by atoms with E-state index in [2.05, 4.69) is 27.1 Å². The van der Waals surface area contributed by atoms with Crippen LogP contribution in [0.2, 0.25) is 5.02 Å². The van der Waals surface area contributed by atoms with Crippen molar-refractivity contribution < 1.29 is 9.23 Å². The van der Waals surface area contributed by atoms with Crippen LogP contribution in [0.3, 0.4) is 0 Å². The number of hydrogen-bond acceptors (Lipinski definition) is 4. The molecule has 0 amide bonds. The fraction of sp³-hybridized carbons (Fsp3) is 0.214. The lowest BCUT2D eigenvalue weighted by atomic mass is 10.1. The SMILES string of the molecule is CC#CCON=C(c1ccc(Cl)cc1)C(F)n1cncn1. The molecule has 7 heteroatoms. The molecule has 0 saturated carbocycles. The second-order valence-corrected chi connectivity index (χ2v) is 4.33. The van der Waals surface area contributed by atoms with Crippen molar-refractivity contribution in [3.8, 4) is 11.8 Å². The highest BCUT2D eigenvalue weighted by atomic mass is 35.5. The van der Waals surface area contributed by atoms with Crippen molar-refractivity contribution in [1.82, 2.24) is 14.8 Å². The van der Waals surface area contributed by atoms with Crippen LogP contribution in [0.15, 0.2) is 42.1 Å². The average Bonchev–Trinajstić information content (AvgIpc) is 3.02. The highest BCUT2D eigenvalue weighted by Crippen LogP contribution is 2.18. The molecule has 5 nitrogen and oxygen atoms in total. The molecular formula is C14H12ClFN4O. The Hall–Kier alpha value is -2.39. The minimum atomic E-state index is -1.62. The van der Waals surface area contributed by atoms with Crippen molar-refractivity contribution in [3.63, 3.8) is 0 Å². The molecule has 0 saturated heterocycles. The fourth-order valence-electron chi connectivity index (χ4n) is 1.52. The van der Waals surface area contributed by atoms with E-state index in [0.717, 1.165) is 4.68 Å². The first-order valence-corrected chi connectivity index (χ1v) is 6.43. The molecule has 0 aliphatic heterocycles. The van der Waals surface area contributed by atoms with Crippen molar-refractivity contribution in [2.45, 2.75) is 13.2 Å². The first-order chi connectivity index (χ1) is 10.2. The van der Waals surface area contributed by atoms with Crippen LogP contribution >= 0.6 is 11.6 Å². The van der Waals surface area contributed by atoms with Gasteiger partial charge in [0.15, 0.2) is 6.61 Å². The molecule has 0 bridgehead atoms. The first kappa shape index (κ1) is 15.0. The Labute approximate surface area is 126 Å². The maximum absolute atomic E-state index is 14.5. The van der Waals surface area contributed by atoms with Crippen molar-refractivity contribution in [2.24, 2.45) is 5.16 Å². The van der Waals surface area contributed by atoms with E-state index < -0.39 is 6.30 Å². The lowest BCUT2D eigenvalue weighted by Gasteiger charge is -2.11. The van der Waals surface area contributed by atoms with Gasteiger partial charge in [-0.05, 0) is 19.1 Å². The zero-order chi connectivity index (χ0) is 15.1. The van der Waals surface area contributed by atoms with Gasteiger partial charge in [-0.15, -0.1) is 5.92 Å². The molecule has 21 heavy (non-hydrogen) atoms. The summed E-state index contributed by atoms with van der Waals surface area (Å²) in [5.74, 6) is 5.34. The number of nitrogens with zero attached hydrogens (tertiary/aromatic N) is 4. The summed E-state index contributed by atoms with van der Waals surface area (Å²) in [5.41, 5.74) is 0.599. The molecule has 0 spiro atoms. The fourth-order valence-corrected chi connectivity index (χ4v) is 1.65. The Kier molecular flexibility index (Phi) is 5.29. The standard InChI is InChI=1S/C14H12ClFN4O/c1-2-3-8-21-19-13(11-4-6-12(15)7-5-11)14(16)20-10-17-9-18-20/h4-7,9-10,14H,8H2,1H3. The molecule has 2 aromatic rings. The normalized spacial score (nSPS) is 12.4. The smallest absolute Gasteiger partial charge is 0.239 e. The van der Waals surface area contributed by atoms with Gasteiger partial charge in [-0.2, -0.15) is 5.10 Å². The molecule has 0 aliphatic rings. The van der Waals surface area contributed by atoms with Crippen LogP contribution in [-0.4, -0.2) is 27.1 Å². The Morgan fingerprint density at radius 2 is 2.24 bits per heavy atom. The van der Waals surface area contributed by atoms with Crippen LogP contribution in [0.1, 0.15) is 18.8 Å². The quantitative estimate of drug-likeness (QED) is 0.369. The van der Waals surface area contributed by atoms with Crippen molar-refractivity contribution in [1.29, 1.82) is 0 Å². The number of benzene rings is 1. The summed E-state index contributed by atoms with van der Waals surface area (Å²) in [7, 11) is 0. The summed E-state index contributed by atoms with van der Waals surface area (Å²) in [5, 5.41) is 8.14. The molecule has 2 rings (SSSR count). The summed E-state index contributed by atoms with van der Waals surface area (Å²) in [6.07, 6.45) is 0.889. The summed E-state index contributed by atoms with van der Waals surface area (Å²) in [4.78, 5) is 8.74. The summed E-state index contributed by atoms with van der Waals surface area (Å²) >= 11 is 5.83. The van der Waals surface area contributed by atoms with E-state index in [0.29, 0.717) is 10.6 Å². The molecule has 0 fully saturated rings. The Bertz CT molecular complexity index is 659. The highest BCUT2D eigenvalue weighted by molar-refractivity contribution is 6.30. The van der Waals surface area contributed by atoms with E-state index in [9.17, 15) is 4.39 Å². The second-order valence-electron chi connectivity index (χ2n) is 3.89. The van der Waals surface area contributed by atoms with Gasteiger partial charge in [0.25, 0.3) is 0 Å². The van der Waals surface area contributed by atoms with Gasteiger partial charge in [-0.1, -0.05) is 34.8 Å². The van der Waals surface area contributed by atoms with Crippen LogP contribution < -0.4 is 0 Å². The number of halogens is 2. The van der Waals surface area contributed by atoms with E-state index >= 15 is 0 Å². The molecule has 0 aliphatic carbocycles. The van der Waals surface area contributed by atoms with Crippen LogP contribution in [0.4, 0.5) is 4.39 Å². The van der Waals surface area contributed by atoms with E-state index in [1.165, 1.54) is 12.7 Å². The summed E-state index contributed by atoms with van der Waals surface area (Å²) < 4.78 is 15.6. The van der Waals surface area contributed by atoms with E-state index in [1.54, 1.807) is 31.2 Å². The number of aromatic nitrogens is 3. The number of rotatable bonds is 5. The van der Waals surface area contributed by atoms with Crippen LogP contribution in [-0.2, 0) is 4.84 Å². The largest absolute Gasteiger partial charge is 0.382 e. The van der Waals surface area contributed by atoms with Gasteiger partial charge in [0.05, 0.1) is 0 Å². The molecule has 0 N–H and O–H groups in total. The predicted molar refractivity (Wildman–Crippen MR) is 77.6 cm³/mol. The lowest BCUT2D eigenvalue weighted by Crippen LogP contribution is -2.17. The van der Waals surface area contributed by atoms with Crippen LogP contribution in [0.5, 0.6) is 0 Å². The minimum Gasteiger partial charge on any atom is -0.382 e. The Morgan fingerprint density at radius 3 is 2.86 bits per heavy atom. The van der Waals surface area contributed by atoms with Crippen molar-refractivity contribution in [2.75, 3.05) is 6.61 Å². The molecular weight excluding hydrogens is 295 g/mol. The molecule has 1 aromatic heterocycles. The topological polar surface area (TPSA) is 52.3 Å². The third-order valence-corrected chi connectivity index (χ3v) is 2.76. The maximum atomic E-state index is 14.5. The number of alkyl halides is 1. The number of hydrogen-bond donors (Lipinski definition) is 0. The van der Waals surface area contributed by atoms with Gasteiger partial charge >= 0.3 is 0 Å². The van der Waals surface area contributed by atoms with Gasteiger partial charge in [0.2, 0.25) is 6.30 Å². The summed E-state index contributed by atoms with van der Waals surface area (Å²) in [6.45, 7) is 1.76. The zero-order valence-electron chi connectivity index (χ0n) is 11.2. The Morgan fingerprint density at radius 1 is 1.48 bits per heavy atom. The molecule has 1 aromatic carbocycles. The Balaban J connectivity index is 2.28. The van der Waals surface area contributed by atoms with E-state index in [4.69, 9.17) is 16.4 Å². The lowest BCUT2D eigenvalue weighted by molar-refractivity contribution is 0.172. The zero-order valence-corrected chi connectivity index (χ0v) is 12.0. The van der Waals surface area contributed by atoms with Crippen LogP contribution in [0.25, 0.3) is 0 Å². The second kappa shape index (κ2) is 7.41. The average molecular weight is 307 g/mol. The maximum Gasteiger partial charge on any atom is 0.239 e. The third kappa shape index (κ3) is 4.04. The minimum absolute atomic E-state index is 0.0649. The van der Waals surface area contributed by atoms with Crippen molar-refractivity contribution >= 4 is 17.3 Å². The summed E-state index contributed by atoms with van der Waals surface area (Å²) in [6, 6.07) is 6.59. The molecule has 108 valence electrons. The number of oxime groups is 1. The van der Waals surface area contributed by atoms with E-state index in [1.807, 2.05) is 0 Å². The monoisotopic (exact) mass is 306 g/mol. The third-order valence-electron chi connectivity index (χ3n) is 2.51. The molecule has 1 unspecified atom stereocenters. The van der Waals surface area contributed by atoms with Gasteiger partial charge < -0.3 is 4.84 Å². The highest BCUT2D eigenvalue weighted by Gasteiger charge is 2.20. The van der Waals surface area contributed by atoms with E-state index in [-0.39, 0.29) is 12.3 Å². The predicted octanol–water partition coefficient (Wildman–Crippen LogP) is 2.84.